The van der Waals surface area contributed by atoms with Gasteiger partial charge in [0.1, 0.15) is 6.61 Å². The van der Waals surface area contributed by atoms with E-state index in [1.54, 1.807) is 0 Å². The van der Waals surface area contributed by atoms with Gasteiger partial charge >= 0.3 is 0 Å². The molecular formula is C34H38ClIN2O. The highest BCUT2D eigenvalue weighted by Gasteiger charge is 2.44. The minimum absolute atomic E-state index is 0. The summed E-state index contributed by atoms with van der Waals surface area (Å²) in [6, 6.07) is 17.6. The number of rotatable bonds is 0. The summed E-state index contributed by atoms with van der Waals surface area (Å²) in [5, 5.41) is 0.917. The molecule has 0 atom stereocenters. The Bertz CT molecular complexity index is 1440. The molecule has 0 unspecified atom stereocenters. The van der Waals surface area contributed by atoms with Crippen LogP contribution in [0.1, 0.15) is 58.1 Å². The van der Waals surface area contributed by atoms with Crippen molar-refractivity contribution in [1.29, 1.82) is 0 Å². The second-order valence-corrected chi connectivity index (χ2v) is 12.2. The summed E-state index contributed by atoms with van der Waals surface area (Å²) in [5.41, 5.74) is 10.2. The van der Waals surface area contributed by atoms with Gasteiger partial charge in [0.15, 0.2) is 12.3 Å². The minimum atomic E-state index is -0.0820. The van der Waals surface area contributed by atoms with Gasteiger partial charge in [-0.2, -0.15) is 4.58 Å². The Hall–Kier alpha value is -2.15. The standard InChI is InChI=1S/C34H38ClN2O.HI/c1-33(2)26-12-5-7-14-28(26)36-20-22-38-23-21-37-29-15-8-6-13-27(29)34(3,4)31(37)19-17-25-11-9-10-24(32(25)35)16-18-30(33)36;/h5-8,12-19H,9-11,20-23H2,1-4H3;1H/q+1;/p-1. The van der Waals surface area contributed by atoms with Gasteiger partial charge in [-0.15, -0.1) is 0 Å². The van der Waals surface area contributed by atoms with E-state index in [-0.39, 0.29) is 34.8 Å². The van der Waals surface area contributed by atoms with E-state index in [1.165, 1.54) is 45.1 Å². The highest BCUT2D eigenvalue weighted by atomic mass is 127. The second-order valence-electron chi connectivity index (χ2n) is 11.9. The van der Waals surface area contributed by atoms with Crippen molar-refractivity contribution in [3.8, 4) is 0 Å². The molecule has 6 rings (SSSR count). The Kier molecular flexibility index (Phi) is 8.02. The van der Waals surface area contributed by atoms with Crippen molar-refractivity contribution in [1.82, 2.24) is 0 Å². The molecule has 2 bridgehead atoms. The van der Waals surface area contributed by atoms with E-state index in [1.807, 2.05) is 0 Å². The van der Waals surface area contributed by atoms with Crippen LogP contribution in [0.4, 0.5) is 11.4 Å². The van der Waals surface area contributed by atoms with Gasteiger partial charge in [0.2, 0.25) is 5.69 Å². The van der Waals surface area contributed by atoms with Crippen LogP contribution in [0.2, 0.25) is 0 Å². The average molecular weight is 653 g/mol. The van der Waals surface area contributed by atoms with Gasteiger partial charge in [0.25, 0.3) is 0 Å². The minimum Gasteiger partial charge on any atom is -1.00 e. The molecule has 1 aliphatic carbocycles. The lowest BCUT2D eigenvalue weighted by molar-refractivity contribution is -0.442. The lowest BCUT2D eigenvalue weighted by Crippen LogP contribution is -3.00. The normalized spacial score (nSPS) is 25.3. The number of benzene rings is 2. The summed E-state index contributed by atoms with van der Waals surface area (Å²) in [7, 11) is 0. The Morgan fingerprint density at radius 2 is 1.59 bits per heavy atom. The quantitative estimate of drug-likeness (QED) is 0.296. The Morgan fingerprint density at radius 3 is 2.41 bits per heavy atom. The third kappa shape index (κ3) is 4.87. The van der Waals surface area contributed by atoms with Crippen LogP contribution < -0.4 is 28.9 Å². The zero-order chi connectivity index (χ0) is 26.5. The Balaban J connectivity index is 0.00000308. The predicted molar refractivity (Wildman–Crippen MR) is 159 cm³/mol. The number of para-hydroxylation sites is 2. The SMILES string of the molecule is CC1(C)C2=[N+](CCOCCN3/C(=C/C=C4\CCCC(=C4Cl)/C=C/2)C(C)(C)c2ccccc23)c2ccccc21.[I-]. The van der Waals surface area contributed by atoms with Crippen LogP contribution in [0.15, 0.2) is 94.7 Å². The first-order valence-corrected chi connectivity index (χ1v) is 14.4. The number of hydrogen-bond donors (Lipinski definition) is 0. The van der Waals surface area contributed by atoms with Gasteiger partial charge in [0, 0.05) is 46.1 Å². The fraction of sp³-hybridized carbons (Fsp3) is 0.382. The highest BCUT2D eigenvalue weighted by Crippen LogP contribution is 2.48. The molecule has 0 amide bonds. The van der Waals surface area contributed by atoms with Gasteiger partial charge < -0.3 is 33.6 Å². The summed E-state index contributed by atoms with van der Waals surface area (Å²) in [5.74, 6) is 0. The number of halogens is 2. The fourth-order valence-electron chi connectivity index (χ4n) is 6.74. The summed E-state index contributed by atoms with van der Waals surface area (Å²) < 4.78 is 8.76. The summed E-state index contributed by atoms with van der Waals surface area (Å²) in [6.07, 6.45) is 12.3. The first kappa shape index (κ1) is 28.4. The average Bonchev–Trinajstić information content (AvgIpc) is 3.25. The molecule has 0 saturated heterocycles. The van der Waals surface area contributed by atoms with Crippen LogP contribution in [-0.4, -0.2) is 36.6 Å². The van der Waals surface area contributed by atoms with Crippen molar-refractivity contribution >= 4 is 28.7 Å². The van der Waals surface area contributed by atoms with Crippen LogP contribution in [0.3, 0.4) is 0 Å². The molecule has 3 nitrogen and oxygen atoms in total. The number of allylic oxidation sites excluding steroid dienone is 8. The van der Waals surface area contributed by atoms with Crippen LogP contribution >= 0.6 is 11.6 Å². The van der Waals surface area contributed by atoms with Gasteiger partial charge in [-0.1, -0.05) is 74.0 Å². The molecule has 0 fully saturated rings. The first-order chi connectivity index (χ1) is 18.3. The van der Waals surface area contributed by atoms with E-state index in [0.29, 0.717) is 13.2 Å². The maximum atomic E-state index is 7.09. The van der Waals surface area contributed by atoms with E-state index in [0.717, 1.165) is 37.4 Å². The zero-order valence-corrected chi connectivity index (χ0v) is 26.3. The Morgan fingerprint density at radius 1 is 0.846 bits per heavy atom. The van der Waals surface area contributed by atoms with Crippen LogP contribution in [0, 0.1) is 0 Å². The van der Waals surface area contributed by atoms with Gasteiger partial charge in [0.05, 0.1) is 12.0 Å². The van der Waals surface area contributed by atoms with Crippen molar-refractivity contribution in [2.24, 2.45) is 0 Å². The molecule has 4 aliphatic rings. The molecule has 2 aromatic rings. The van der Waals surface area contributed by atoms with Crippen molar-refractivity contribution in [2.45, 2.75) is 57.8 Å². The number of fused-ring (bicyclic) bond motifs is 6. The van der Waals surface area contributed by atoms with E-state index >= 15 is 0 Å². The van der Waals surface area contributed by atoms with Gasteiger partial charge in [-0.3, -0.25) is 0 Å². The summed E-state index contributed by atoms with van der Waals surface area (Å²) in [6.45, 7) is 12.3. The molecule has 39 heavy (non-hydrogen) atoms. The summed E-state index contributed by atoms with van der Waals surface area (Å²) in [4.78, 5) is 2.45. The molecule has 5 heteroatoms. The fourth-order valence-corrected chi connectivity index (χ4v) is 7.06. The number of nitrogens with zero attached hydrogens (tertiary/aromatic N) is 2. The number of ether oxygens (including phenoxy) is 1. The largest absolute Gasteiger partial charge is 1.00 e. The van der Waals surface area contributed by atoms with E-state index in [2.05, 4.69) is 110 Å². The molecule has 3 aliphatic heterocycles. The third-order valence-electron chi connectivity index (χ3n) is 8.86. The van der Waals surface area contributed by atoms with Gasteiger partial charge in [-0.25, -0.2) is 0 Å². The smallest absolute Gasteiger partial charge is 0.209 e. The molecule has 0 N–H and O–H groups in total. The van der Waals surface area contributed by atoms with Crippen molar-refractivity contribution in [2.75, 3.05) is 31.2 Å². The third-order valence-corrected chi connectivity index (χ3v) is 9.34. The molecular weight excluding hydrogens is 615 g/mol. The van der Waals surface area contributed by atoms with Crippen molar-refractivity contribution in [3.05, 3.63) is 106 Å². The Labute approximate surface area is 255 Å². The zero-order valence-electron chi connectivity index (χ0n) is 23.4. The van der Waals surface area contributed by atoms with E-state index < -0.39 is 0 Å². The topological polar surface area (TPSA) is 15.5 Å². The molecule has 204 valence electrons. The highest BCUT2D eigenvalue weighted by molar-refractivity contribution is 6.32. The molecule has 0 radical (unpaired) electrons. The van der Waals surface area contributed by atoms with Crippen LogP contribution in [0.25, 0.3) is 0 Å². The number of hydrogen-bond acceptors (Lipinski definition) is 2. The van der Waals surface area contributed by atoms with Crippen LogP contribution in [-0.2, 0) is 15.6 Å². The maximum absolute atomic E-state index is 7.09. The molecule has 0 spiro atoms. The molecule has 3 heterocycles. The number of anilines is 1. The van der Waals surface area contributed by atoms with Crippen LogP contribution in [0.5, 0.6) is 0 Å². The first-order valence-electron chi connectivity index (χ1n) is 14.0. The van der Waals surface area contributed by atoms with Crippen molar-refractivity contribution in [3.63, 3.8) is 0 Å². The maximum Gasteiger partial charge on any atom is 0.209 e. The lowest BCUT2D eigenvalue weighted by atomic mass is 9.81. The lowest BCUT2D eigenvalue weighted by Gasteiger charge is -2.27. The second kappa shape index (κ2) is 11.0. The van der Waals surface area contributed by atoms with Gasteiger partial charge in [-0.05, 0) is 62.0 Å². The van der Waals surface area contributed by atoms with Crippen molar-refractivity contribution < 1.29 is 33.3 Å². The molecule has 0 aromatic heterocycles. The van der Waals surface area contributed by atoms with E-state index in [9.17, 15) is 0 Å². The monoisotopic (exact) mass is 652 g/mol. The van der Waals surface area contributed by atoms with E-state index in [4.69, 9.17) is 16.3 Å². The molecule has 2 aromatic carbocycles. The molecule has 0 saturated carbocycles. The predicted octanol–water partition coefficient (Wildman–Crippen LogP) is 4.94. The summed E-state index contributed by atoms with van der Waals surface area (Å²) >= 11 is 7.09.